The molecule has 0 aliphatic rings. The van der Waals surface area contributed by atoms with E-state index in [0.717, 1.165) is 16.8 Å². The Labute approximate surface area is 166 Å². The molecule has 4 aromatic rings. The summed E-state index contributed by atoms with van der Waals surface area (Å²) in [6, 6.07) is 16.4. The minimum Gasteiger partial charge on any atom is -0.497 e. The Kier molecular flexibility index (Phi) is 4.95. The van der Waals surface area contributed by atoms with Gasteiger partial charge in [0.2, 0.25) is 0 Å². The predicted octanol–water partition coefficient (Wildman–Crippen LogP) is 4.01. The van der Waals surface area contributed by atoms with Gasteiger partial charge in [-0.05, 0) is 48.0 Å². The SMILES string of the molecule is COc1cccc(CNC(=O)c2ccc(Cl)c(-n3cnc4cccnc43)c2)c1. The number of fused-ring (bicyclic) bond motifs is 1. The summed E-state index contributed by atoms with van der Waals surface area (Å²) in [5.74, 6) is 0.554. The summed E-state index contributed by atoms with van der Waals surface area (Å²) in [6.45, 7) is 0.392. The van der Waals surface area contributed by atoms with Crippen molar-refractivity contribution in [3.63, 3.8) is 0 Å². The van der Waals surface area contributed by atoms with Crippen LogP contribution >= 0.6 is 11.6 Å². The van der Waals surface area contributed by atoms with Crippen LogP contribution in [0.25, 0.3) is 16.9 Å². The molecule has 1 N–H and O–H groups in total. The van der Waals surface area contributed by atoms with Gasteiger partial charge in [-0.2, -0.15) is 0 Å². The van der Waals surface area contributed by atoms with E-state index < -0.39 is 0 Å². The van der Waals surface area contributed by atoms with Crippen LogP contribution in [0.1, 0.15) is 15.9 Å². The highest BCUT2D eigenvalue weighted by Gasteiger charge is 2.13. The summed E-state index contributed by atoms with van der Waals surface area (Å²) < 4.78 is 6.98. The van der Waals surface area contributed by atoms with Crippen LogP contribution in [-0.4, -0.2) is 27.6 Å². The van der Waals surface area contributed by atoms with Gasteiger partial charge in [0.15, 0.2) is 5.65 Å². The van der Waals surface area contributed by atoms with Crippen LogP contribution < -0.4 is 10.1 Å². The van der Waals surface area contributed by atoms with Gasteiger partial charge in [-0.1, -0.05) is 23.7 Å². The molecule has 0 bridgehead atoms. The van der Waals surface area contributed by atoms with Gasteiger partial charge >= 0.3 is 0 Å². The lowest BCUT2D eigenvalue weighted by Gasteiger charge is -2.10. The Morgan fingerprint density at radius 3 is 2.89 bits per heavy atom. The maximum absolute atomic E-state index is 12.6. The second kappa shape index (κ2) is 7.70. The molecule has 0 fully saturated rings. The monoisotopic (exact) mass is 392 g/mol. The summed E-state index contributed by atoms with van der Waals surface area (Å²) in [6.07, 6.45) is 3.34. The number of ether oxygens (including phenoxy) is 1. The first-order valence-electron chi connectivity index (χ1n) is 8.65. The number of amides is 1. The molecule has 28 heavy (non-hydrogen) atoms. The fraction of sp³-hybridized carbons (Fsp3) is 0.0952. The summed E-state index contributed by atoms with van der Waals surface area (Å²) in [5, 5.41) is 3.43. The lowest BCUT2D eigenvalue weighted by atomic mass is 10.1. The molecule has 1 amide bonds. The van der Waals surface area contributed by atoms with Crippen molar-refractivity contribution in [3.8, 4) is 11.4 Å². The molecule has 6 nitrogen and oxygen atoms in total. The topological polar surface area (TPSA) is 69.0 Å². The second-order valence-electron chi connectivity index (χ2n) is 6.16. The summed E-state index contributed by atoms with van der Waals surface area (Å²) in [4.78, 5) is 21.3. The van der Waals surface area contributed by atoms with Crippen molar-refractivity contribution < 1.29 is 9.53 Å². The maximum atomic E-state index is 12.6. The number of hydrogen-bond acceptors (Lipinski definition) is 4. The van der Waals surface area contributed by atoms with Crippen LogP contribution in [0.5, 0.6) is 5.75 Å². The normalized spacial score (nSPS) is 10.8. The molecule has 2 aromatic carbocycles. The van der Waals surface area contributed by atoms with Gasteiger partial charge in [0.1, 0.15) is 17.6 Å². The maximum Gasteiger partial charge on any atom is 0.251 e. The number of halogens is 1. The molecule has 0 spiro atoms. The highest BCUT2D eigenvalue weighted by molar-refractivity contribution is 6.32. The molecule has 0 saturated carbocycles. The molecule has 0 radical (unpaired) electrons. The molecular formula is C21H17ClN4O2. The van der Waals surface area contributed by atoms with Gasteiger partial charge in [-0.15, -0.1) is 0 Å². The fourth-order valence-electron chi connectivity index (χ4n) is 2.93. The van der Waals surface area contributed by atoms with Crippen molar-refractivity contribution >= 4 is 28.7 Å². The standard InChI is InChI=1S/C21H17ClN4O2/c1-28-16-5-2-4-14(10-16)12-24-21(27)15-7-8-17(22)19(11-15)26-13-25-18-6-3-9-23-20(18)26/h2-11,13H,12H2,1H3,(H,24,27). The first-order valence-corrected chi connectivity index (χ1v) is 9.02. The molecule has 4 rings (SSSR count). The van der Waals surface area contributed by atoms with E-state index >= 15 is 0 Å². The molecule has 0 unspecified atom stereocenters. The predicted molar refractivity (Wildman–Crippen MR) is 108 cm³/mol. The number of carbonyl (C=O) groups is 1. The van der Waals surface area contributed by atoms with Crippen LogP contribution in [-0.2, 0) is 6.54 Å². The number of nitrogens with zero attached hydrogens (tertiary/aromatic N) is 3. The minimum absolute atomic E-state index is 0.196. The van der Waals surface area contributed by atoms with Crippen LogP contribution in [0, 0.1) is 0 Å². The smallest absolute Gasteiger partial charge is 0.251 e. The van der Waals surface area contributed by atoms with Crippen molar-refractivity contribution in [1.29, 1.82) is 0 Å². The minimum atomic E-state index is -0.196. The van der Waals surface area contributed by atoms with Crippen molar-refractivity contribution in [3.05, 3.63) is 83.3 Å². The Bertz CT molecular complexity index is 1160. The van der Waals surface area contributed by atoms with Crippen molar-refractivity contribution in [2.45, 2.75) is 6.54 Å². The largest absolute Gasteiger partial charge is 0.497 e. The molecule has 0 saturated heterocycles. The third kappa shape index (κ3) is 3.54. The van der Waals surface area contributed by atoms with E-state index in [2.05, 4.69) is 15.3 Å². The van der Waals surface area contributed by atoms with E-state index in [1.807, 2.05) is 36.4 Å². The number of imidazole rings is 1. The average molecular weight is 393 g/mol. The first kappa shape index (κ1) is 18.0. The average Bonchev–Trinajstić information content (AvgIpc) is 3.16. The third-order valence-corrected chi connectivity index (χ3v) is 4.68. The van der Waals surface area contributed by atoms with Crippen molar-refractivity contribution in [2.24, 2.45) is 0 Å². The number of benzene rings is 2. The number of nitrogens with one attached hydrogen (secondary N) is 1. The second-order valence-corrected chi connectivity index (χ2v) is 6.57. The van der Waals surface area contributed by atoms with E-state index in [0.29, 0.717) is 28.5 Å². The Hall–Kier alpha value is -3.38. The van der Waals surface area contributed by atoms with Gasteiger partial charge in [-0.25, -0.2) is 9.97 Å². The van der Waals surface area contributed by atoms with Crippen molar-refractivity contribution in [1.82, 2.24) is 19.9 Å². The van der Waals surface area contributed by atoms with Crippen LogP contribution in [0.3, 0.4) is 0 Å². The zero-order chi connectivity index (χ0) is 19.5. The zero-order valence-electron chi connectivity index (χ0n) is 15.1. The molecule has 140 valence electrons. The van der Waals surface area contributed by atoms with Gasteiger partial charge < -0.3 is 10.1 Å². The molecule has 2 heterocycles. The molecule has 0 aliphatic carbocycles. The van der Waals surface area contributed by atoms with E-state index in [1.54, 1.807) is 42.4 Å². The molecular weight excluding hydrogens is 376 g/mol. The Morgan fingerprint density at radius 2 is 2.04 bits per heavy atom. The zero-order valence-corrected chi connectivity index (χ0v) is 15.8. The van der Waals surface area contributed by atoms with Crippen molar-refractivity contribution in [2.75, 3.05) is 7.11 Å². The van der Waals surface area contributed by atoms with E-state index in [4.69, 9.17) is 16.3 Å². The van der Waals surface area contributed by atoms with Crippen LogP contribution in [0.15, 0.2) is 67.1 Å². The van der Waals surface area contributed by atoms with Gasteiger partial charge in [0, 0.05) is 18.3 Å². The first-order chi connectivity index (χ1) is 13.7. The number of carbonyl (C=O) groups excluding carboxylic acids is 1. The summed E-state index contributed by atoms with van der Waals surface area (Å²) in [5.41, 5.74) is 3.54. The Morgan fingerprint density at radius 1 is 1.14 bits per heavy atom. The van der Waals surface area contributed by atoms with Gasteiger partial charge in [-0.3, -0.25) is 9.36 Å². The highest BCUT2D eigenvalue weighted by atomic mass is 35.5. The Balaban J connectivity index is 1.58. The quantitative estimate of drug-likeness (QED) is 0.557. The number of methoxy groups -OCH3 is 1. The highest BCUT2D eigenvalue weighted by Crippen LogP contribution is 2.25. The lowest BCUT2D eigenvalue weighted by Crippen LogP contribution is -2.23. The molecule has 0 atom stereocenters. The van der Waals surface area contributed by atoms with E-state index in [1.165, 1.54) is 0 Å². The summed E-state index contributed by atoms with van der Waals surface area (Å²) in [7, 11) is 1.61. The fourth-order valence-corrected chi connectivity index (χ4v) is 3.14. The van der Waals surface area contributed by atoms with Gasteiger partial charge in [0.05, 0.1) is 17.8 Å². The molecule has 2 aromatic heterocycles. The van der Waals surface area contributed by atoms with Crippen LogP contribution in [0.2, 0.25) is 5.02 Å². The van der Waals surface area contributed by atoms with Crippen LogP contribution in [0.4, 0.5) is 0 Å². The van der Waals surface area contributed by atoms with E-state index in [9.17, 15) is 4.79 Å². The molecule has 7 heteroatoms. The number of pyridine rings is 1. The van der Waals surface area contributed by atoms with Gasteiger partial charge in [0.25, 0.3) is 5.91 Å². The number of aromatic nitrogens is 3. The summed E-state index contributed by atoms with van der Waals surface area (Å²) >= 11 is 6.38. The lowest BCUT2D eigenvalue weighted by molar-refractivity contribution is 0.0951. The number of rotatable bonds is 5. The third-order valence-electron chi connectivity index (χ3n) is 4.36. The molecule has 0 aliphatic heterocycles. The van der Waals surface area contributed by atoms with E-state index in [-0.39, 0.29) is 5.91 Å². The number of hydrogen-bond donors (Lipinski definition) is 1.